The number of aromatic amines is 1. The van der Waals surface area contributed by atoms with Crippen molar-refractivity contribution in [1.29, 1.82) is 0 Å². The van der Waals surface area contributed by atoms with Crippen LogP contribution in [0.15, 0.2) is 52.5 Å². The summed E-state index contributed by atoms with van der Waals surface area (Å²) in [7, 11) is 1.54. The third-order valence-corrected chi connectivity index (χ3v) is 5.17. The van der Waals surface area contributed by atoms with E-state index in [0.717, 1.165) is 23.1 Å². The number of carboxylic acids is 1. The van der Waals surface area contributed by atoms with Gasteiger partial charge in [0.15, 0.2) is 5.82 Å². The van der Waals surface area contributed by atoms with Gasteiger partial charge in [-0.25, -0.2) is 9.78 Å². The van der Waals surface area contributed by atoms with E-state index in [-0.39, 0.29) is 10.1 Å². The summed E-state index contributed by atoms with van der Waals surface area (Å²) in [5.74, 6) is 1.10. The Kier molecular flexibility index (Phi) is 7.59. The third-order valence-electron chi connectivity index (χ3n) is 4.05. The SMILES string of the molecule is COc1ccc(Cl)cc1-c1nc(S/C(=C/c2ccc(OCC(C)C)cc2)C(=O)O)n[nH]1. The summed E-state index contributed by atoms with van der Waals surface area (Å²) in [5.41, 5.74) is 1.36. The molecule has 1 heterocycles. The molecule has 2 aromatic carbocycles. The molecule has 3 aromatic rings. The van der Waals surface area contributed by atoms with E-state index in [0.29, 0.717) is 34.7 Å². The number of ether oxygens (including phenoxy) is 2. The molecule has 0 spiro atoms. The smallest absolute Gasteiger partial charge is 0.342 e. The summed E-state index contributed by atoms with van der Waals surface area (Å²) in [6.45, 7) is 4.77. The first kappa shape index (κ1) is 22.7. The molecule has 0 aliphatic heterocycles. The molecule has 31 heavy (non-hydrogen) atoms. The predicted molar refractivity (Wildman–Crippen MR) is 122 cm³/mol. The van der Waals surface area contributed by atoms with E-state index in [2.05, 4.69) is 29.0 Å². The second-order valence-electron chi connectivity index (χ2n) is 7.00. The lowest BCUT2D eigenvalue weighted by atomic mass is 10.2. The normalized spacial score (nSPS) is 11.6. The number of carboxylic acid groups (broad SMARTS) is 1. The maximum Gasteiger partial charge on any atom is 0.342 e. The quantitative estimate of drug-likeness (QED) is 0.327. The largest absolute Gasteiger partial charge is 0.496 e. The van der Waals surface area contributed by atoms with Crippen LogP contribution in [0.1, 0.15) is 19.4 Å². The van der Waals surface area contributed by atoms with Crippen LogP contribution in [0.3, 0.4) is 0 Å². The zero-order valence-corrected chi connectivity index (χ0v) is 18.8. The van der Waals surface area contributed by atoms with Crippen molar-refractivity contribution in [3.8, 4) is 22.9 Å². The number of thioether (sulfide) groups is 1. The van der Waals surface area contributed by atoms with E-state index in [4.69, 9.17) is 21.1 Å². The number of hydrogen-bond acceptors (Lipinski definition) is 6. The Balaban J connectivity index is 1.78. The minimum Gasteiger partial charge on any atom is -0.496 e. The summed E-state index contributed by atoms with van der Waals surface area (Å²) in [6, 6.07) is 12.4. The van der Waals surface area contributed by atoms with Gasteiger partial charge in [0, 0.05) is 5.02 Å². The van der Waals surface area contributed by atoms with Gasteiger partial charge in [0.05, 0.1) is 19.3 Å². The van der Waals surface area contributed by atoms with E-state index in [1.807, 2.05) is 12.1 Å². The molecule has 0 radical (unpaired) electrons. The molecule has 7 nitrogen and oxygen atoms in total. The van der Waals surface area contributed by atoms with Crippen LogP contribution < -0.4 is 9.47 Å². The maximum atomic E-state index is 11.8. The van der Waals surface area contributed by atoms with Crippen molar-refractivity contribution in [3.05, 3.63) is 58.0 Å². The highest BCUT2D eigenvalue weighted by atomic mass is 35.5. The summed E-state index contributed by atoms with van der Waals surface area (Å²) in [5, 5.41) is 17.3. The average molecular weight is 460 g/mol. The molecule has 0 saturated heterocycles. The number of aromatic nitrogens is 3. The van der Waals surface area contributed by atoms with Gasteiger partial charge in [-0.05, 0) is 59.7 Å². The Labute approximate surface area is 189 Å². The van der Waals surface area contributed by atoms with Crippen molar-refractivity contribution in [3.63, 3.8) is 0 Å². The van der Waals surface area contributed by atoms with Gasteiger partial charge in [-0.3, -0.25) is 5.10 Å². The summed E-state index contributed by atoms with van der Waals surface area (Å²) in [4.78, 5) is 16.2. The molecular formula is C22H22ClN3O4S. The van der Waals surface area contributed by atoms with Crippen molar-refractivity contribution in [2.24, 2.45) is 5.92 Å². The number of aliphatic carboxylic acids is 1. The van der Waals surface area contributed by atoms with Gasteiger partial charge in [0.25, 0.3) is 0 Å². The molecule has 162 valence electrons. The molecular weight excluding hydrogens is 438 g/mol. The molecule has 0 aliphatic rings. The first-order chi connectivity index (χ1) is 14.9. The molecule has 9 heteroatoms. The number of nitrogens with zero attached hydrogens (tertiary/aromatic N) is 2. The first-order valence-corrected chi connectivity index (χ1v) is 10.7. The number of benzene rings is 2. The van der Waals surface area contributed by atoms with Crippen molar-refractivity contribution >= 4 is 35.4 Å². The number of halogens is 1. The van der Waals surface area contributed by atoms with Gasteiger partial charge < -0.3 is 14.6 Å². The summed E-state index contributed by atoms with van der Waals surface area (Å²) >= 11 is 7.02. The Morgan fingerprint density at radius 3 is 2.65 bits per heavy atom. The molecule has 2 N–H and O–H groups in total. The topological polar surface area (TPSA) is 97.3 Å². The highest BCUT2D eigenvalue weighted by Gasteiger charge is 2.16. The third kappa shape index (κ3) is 6.26. The van der Waals surface area contributed by atoms with Gasteiger partial charge in [0.2, 0.25) is 5.16 Å². The van der Waals surface area contributed by atoms with E-state index < -0.39 is 5.97 Å². The highest BCUT2D eigenvalue weighted by molar-refractivity contribution is 8.04. The van der Waals surface area contributed by atoms with Crippen molar-refractivity contribution < 1.29 is 19.4 Å². The van der Waals surface area contributed by atoms with Crippen LogP contribution in [0.25, 0.3) is 17.5 Å². The second kappa shape index (κ2) is 10.4. The van der Waals surface area contributed by atoms with Crippen LogP contribution in [-0.4, -0.2) is 40.0 Å². The standard InChI is InChI=1S/C22H22ClN3O4S/c1-13(2)12-30-16-7-4-14(5-8-16)10-19(21(27)28)31-22-24-20(25-26-22)17-11-15(23)6-9-18(17)29-3/h4-11,13H,12H2,1-3H3,(H,27,28)(H,24,25,26)/b19-10+. The molecule has 0 saturated carbocycles. The minimum absolute atomic E-state index is 0.0828. The molecule has 0 aliphatic carbocycles. The monoisotopic (exact) mass is 459 g/mol. The maximum absolute atomic E-state index is 11.8. The molecule has 1 aromatic heterocycles. The van der Waals surface area contributed by atoms with Crippen LogP contribution in [0.4, 0.5) is 0 Å². The highest BCUT2D eigenvalue weighted by Crippen LogP contribution is 2.33. The zero-order valence-electron chi connectivity index (χ0n) is 17.3. The number of methoxy groups -OCH3 is 1. The van der Waals surface area contributed by atoms with Crippen LogP contribution in [0.5, 0.6) is 11.5 Å². The van der Waals surface area contributed by atoms with Crippen LogP contribution in [0.2, 0.25) is 5.02 Å². The number of hydrogen-bond donors (Lipinski definition) is 2. The van der Waals surface area contributed by atoms with E-state index >= 15 is 0 Å². The Hall–Kier alpha value is -2.97. The van der Waals surface area contributed by atoms with Crippen LogP contribution >= 0.6 is 23.4 Å². The van der Waals surface area contributed by atoms with Crippen LogP contribution in [0, 0.1) is 5.92 Å². The average Bonchev–Trinajstić information content (AvgIpc) is 3.21. The lowest BCUT2D eigenvalue weighted by Gasteiger charge is -2.08. The van der Waals surface area contributed by atoms with E-state index in [1.165, 1.54) is 0 Å². The fraction of sp³-hybridized carbons (Fsp3) is 0.227. The first-order valence-electron chi connectivity index (χ1n) is 9.47. The summed E-state index contributed by atoms with van der Waals surface area (Å²) in [6.07, 6.45) is 1.56. The Morgan fingerprint density at radius 1 is 1.26 bits per heavy atom. The lowest BCUT2D eigenvalue weighted by molar-refractivity contribution is -0.131. The van der Waals surface area contributed by atoms with Gasteiger partial charge >= 0.3 is 5.97 Å². The van der Waals surface area contributed by atoms with Crippen molar-refractivity contribution in [1.82, 2.24) is 15.2 Å². The van der Waals surface area contributed by atoms with Gasteiger partial charge in [-0.2, -0.15) is 0 Å². The van der Waals surface area contributed by atoms with Crippen LogP contribution in [-0.2, 0) is 4.79 Å². The number of carbonyl (C=O) groups is 1. The molecule has 3 rings (SSSR count). The van der Waals surface area contributed by atoms with Gasteiger partial charge in [-0.15, -0.1) is 5.10 Å². The Bertz CT molecular complexity index is 1080. The number of H-pyrrole nitrogens is 1. The second-order valence-corrected chi connectivity index (χ2v) is 8.45. The van der Waals surface area contributed by atoms with Crippen molar-refractivity contribution in [2.45, 2.75) is 19.0 Å². The summed E-state index contributed by atoms with van der Waals surface area (Å²) < 4.78 is 11.0. The molecule has 0 fully saturated rings. The fourth-order valence-corrected chi connectivity index (χ4v) is 3.46. The molecule has 0 bridgehead atoms. The lowest BCUT2D eigenvalue weighted by Crippen LogP contribution is -2.04. The Morgan fingerprint density at radius 2 is 2.00 bits per heavy atom. The van der Waals surface area contributed by atoms with E-state index in [9.17, 15) is 9.90 Å². The van der Waals surface area contributed by atoms with E-state index in [1.54, 1.807) is 43.5 Å². The van der Waals surface area contributed by atoms with Gasteiger partial charge in [-0.1, -0.05) is 37.6 Å². The number of rotatable bonds is 9. The molecule has 0 amide bonds. The fourth-order valence-electron chi connectivity index (χ4n) is 2.59. The number of nitrogens with one attached hydrogen (secondary N) is 1. The predicted octanol–water partition coefficient (Wildman–Crippen LogP) is 5.39. The molecule has 0 unspecified atom stereocenters. The molecule has 0 atom stereocenters. The minimum atomic E-state index is -1.07. The van der Waals surface area contributed by atoms with Crippen molar-refractivity contribution in [2.75, 3.05) is 13.7 Å². The zero-order chi connectivity index (χ0) is 22.4. The van der Waals surface area contributed by atoms with Gasteiger partial charge in [0.1, 0.15) is 16.4 Å².